The van der Waals surface area contributed by atoms with Crippen molar-refractivity contribution in [2.75, 3.05) is 26.7 Å². The van der Waals surface area contributed by atoms with E-state index in [1.807, 2.05) is 24.3 Å². The van der Waals surface area contributed by atoms with E-state index in [0.717, 1.165) is 36.0 Å². The Balaban J connectivity index is 1.63. The maximum absolute atomic E-state index is 6.71. The molecule has 0 aliphatic carbocycles. The number of piperidine rings is 1. The van der Waals surface area contributed by atoms with Gasteiger partial charge in [0.1, 0.15) is 5.75 Å². The third-order valence-electron chi connectivity index (χ3n) is 6.79. The minimum atomic E-state index is 0.786. The van der Waals surface area contributed by atoms with Gasteiger partial charge in [-0.2, -0.15) is 0 Å². The minimum Gasteiger partial charge on any atom is -0.497 e. The Hall–Kier alpha value is -2.27. The maximum Gasteiger partial charge on any atom is 0.118 e. The molecule has 5 heteroatoms. The van der Waals surface area contributed by atoms with Crippen molar-refractivity contribution in [3.05, 3.63) is 70.4 Å². The molecule has 3 heterocycles. The van der Waals surface area contributed by atoms with Gasteiger partial charge in [-0.1, -0.05) is 30.2 Å². The zero-order valence-corrected chi connectivity index (χ0v) is 19.2. The summed E-state index contributed by atoms with van der Waals surface area (Å²) in [4.78, 5) is 0. The molecule has 0 saturated carbocycles. The molecule has 1 fully saturated rings. The van der Waals surface area contributed by atoms with Crippen LogP contribution in [-0.2, 0) is 13.0 Å². The molecule has 0 unspecified atom stereocenters. The number of benzene rings is 2. The van der Waals surface area contributed by atoms with E-state index in [1.54, 1.807) is 7.11 Å². The Kier molecular flexibility index (Phi) is 5.79. The summed E-state index contributed by atoms with van der Waals surface area (Å²) in [6, 6.07) is 16.6. The van der Waals surface area contributed by atoms with Crippen LogP contribution in [0.4, 0.5) is 0 Å². The second-order valence-electron chi connectivity index (χ2n) is 8.57. The predicted molar refractivity (Wildman–Crippen MR) is 127 cm³/mol. The van der Waals surface area contributed by atoms with Gasteiger partial charge in [0.15, 0.2) is 0 Å². The molecular formula is C26H30ClN3O. The lowest BCUT2D eigenvalue weighted by molar-refractivity contribution is -0.0510. The molecule has 0 bridgehead atoms. The van der Waals surface area contributed by atoms with E-state index in [2.05, 4.69) is 45.8 Å². The monoisotopic (exact) mass is 435 g/mol. The molecule has 162 valence electrons. The first-order chi connectivity index (χ1) is 15.2. The SMILES string of the molecule is COc1ccc(-c2c(C)c3c(n2-c2ccccc2Cl)CCN(N2CCCCC2)C3)cc1. The van der Waals surface area contributed by atoms with E-state index in [-0.39, 0.29) is 0 Å². The number of hydrogen-bond acceptors (Lipinski definition) is 3. The van der Waals surface area contributed by atoms with Gasteiger partial charge in [-0.15, -0.1) is 0 Å². The number of rotatable bonds is 4. The van der Waals surface area contributed by atoms with Gasteiger partial charge in [0, 0.05) is 38.3 Å². The van der Waals surface area contributed by atoms with Gasteiger partial charge in [0.25, 0.3) is 0 Å². The van der Waals surface area contributed by atoms with Crippen molar-refractivity contribution < 1.29 is 4.74 Å². The Bertz CT molecular complexity index is 1070. The van der Waals surface area contributed by atoms with Crippen LogP contribution in [0.1, 0.15) is 36.1 Å². The summed E-state index contributed by atoms with van der Waals surface area (Å²) in [5, 5.41) is 5.93. The highest BCUT2D eigenvalue weighted by Gasteiger charge is 2.30. The molecule has 3 aromatic rings. The predicted octanol–water partition coefficient (Wildman–Crippen LogP) is 5.87. The highest BCUT2D eigenvalue weighted by atomic mass is 35.5. The highest BCUT2D eigenvalue weighted by Crippen LogP contribution is 2.39. The number of hydrogen-bond donors (Lipinski definition) is 0. The lowest BCUT2D eigenvalue weighted by Crippen LogP contribution is -2.47. The van der Waals surface area contributed by atoms with Gasteiger partial charge in [0.05, 0.1) is 23.5 Å². The molecular weight excluding hydrogens is 406 g/mol. The molecule has 1 saturated heterocycles. The fourth-order valence-corrected chi connectivity index (χ4v) is 5.38. The molecule has 0 spiro atoms. The largest absolute Gasteiger partial charge is 0.497 e. The Labute approximate surface area is 190 Å². The van der Waals surface area contributed by atoms with Crippen molar-refractivity contribution in [1.29, 1.82) is 0 Å². The van der Waals surface area contributed by atoms with Gasteiger partial charge in [-0.3, -0.25) is 0 Å². The van der Waals surface area contributed by atoms with Crippen molar-refractivity contribution in [2.24, 2.45) is 0 Å². The van der Waals surface area contributed by atoms with E-state index in [0.29, 0.717) is 0 Å². The molecule has 0 amide bonds. The lowest BCUT2D eigenvalue weighted by Gasteiger charge is -2.40. The van der Waals surface area contributed by atoms with Gasteiger partial charge in [0.2, 0.25) is 0 Å². The summed E-state index contributed by atoms with van der Waals surface area (Å²) in [5.74, 6) is 0.873. The highest BCUT2D eigenvalue weighted by molar-refractivity contribution is 6.32. The van der Waals surface area contributed by atoms with Gasteiger partial charge >= 0.3 is 0 Å². The summed E-state index contributed by atoms with van der Waals surface area (Å²) < 4.78 is 7.80. The topological polar surface area (TPSA) is 20.6 Å². The normalized spacial score (nSPS) is 17.5. The first kappa shape index (κ1) is 20.6. The summed E-state index contributed by atoms with van der Waals surface area (Å²) in [7, 11) is 1.71. The molecule has 2 aliphatic rings. The molecule has 0 atom stereocenters. The Morgan fingerprint density at radius 3 is 2.32 bits per heavy atom. The van der Waals surface area contributed by atoms with Crippen molar-refractivity contribution in [3.63, 3.8) is 0 Å². The van der Waals surface area contributed by atoms with E-state index in [9.17, 15) is 0 Å². The molecule has 1 aromatic heterocycles. The smallest absolute Gasteiger partial charge is 0.118 e. The zero-order valence-electron chi connectivity index (χ0n) is 18.4. The van der Waals surface area contributed by atoms with Gasteiger partial charge in [-0.25, -0.2) is 10.0 Å². The van der Waals surface area contributed by atoms with E-state index in [1.165, 1.54) is 60.4 Å². The van der Waals surface area contributed by atoms with Crippen LogP contribution in [0.2, 0.25) is 5.02 Å². The van der Waals surface area contributed by atoms with E-state index in [4.69, 9.17) is 16.3 Å². The molecule has 2 aromatic carbocycles. The number of nitrogens with zero attached hydrogens (tertiary/aromatic N) is 3. The average molecular weight is 436 g/mol. The van der Waals surface area contributed by atoms with Crippen LogP contribution in [-0.4, -0.2) is 41.3 Å². The third kappa shape index (κ3) is 3.78. The molecule has 4 nitrogen and oxygen atoms in total. The second kappa shape index (κ2) is 8.70. The quantitative estimate of drug-likeness (QED) is 0.511. The second-order valence-corrected chi connectivity index (χ2v) is 8.97. The fourth-order valence-electron chi connectivity index (χ4n) is 5.16. The molecule has 2 aliphatic heterocycles. The van der Waals surface area contributed by atoms with Crippen molar-refractivity contribution in [2.45, 2.75) is 39.2 Å². The molecule has 0 radical (unpaired) electrons. The zero-order chi connectivity index (χ0) is 21.4. The summed E-state index contributed by atoms with van der Waals surface area (Å²) in [6.07, 6.45) is 4.99. The Morgan fingerprint density at radius 1 is 0.871 bits per heavy atom. The van der Waals surface area contributed by atoms with Crippen molar-refractivity contribution in [1.82, 2.24) is 14.6 Å². The first-order valence-corrected chi connectivity index (χ1v) is 11.7. The van der Waals surface area contributed by atoms with E-state index < -0.39 is 0 Å². The van der Waals surface area contributed by atoms with Crippen molar-refractivity contribution in [3.8, 4) is 22.7 Å². The maximum atomic E-state index is 6.71. The number of ether oxygens (including phenoxy) is 1. The molecule has 5 rings (SSSR count). The minimum absolute atomic E-state index is 0.786. The van der Waals surface area contributed by atoms with Crippen LogP contribution < -0.4 is 4.74 Å². The lowest BCUT2D eigenvalue weighted by atomic mass is 10.0. The molecule has 31 heavy (non-hydrogen) atoms. The van der Waals surface area contributed by atoms with Crippen LogP contribution in [0.5, 0.6) is 5.75 Å². The Morgan fingerprint density at radius 2 is 1.61 bits per heavy atom. The fraction of sp³-hybridized carbons (Fsp3) is 0.385. The van der Waals surface area contributed by atoms with Crippen LogP contribution in [0.3, 0.4) is 0 Å². The standard InChI is InChI=1S/C26H30ClN3O/c1-19-22-18-29(28-15-6-3-7-16-28)17-14-24(22)30(25-9-5-4-8-23(25)27)26(19)20-10-12-21(31-2)13-11-20/h4-5,8-13H,3,6-7,14-18H2,1-2H3. The molecule has 0 N–H and O–H groups in total. The number of aromatic nitrogens is 1. The first-order valence-electron chi connectivity index (χ1n) is 11.3. The number of para-hydroxylation sites is 1. The number of halogens is 1. The third-order valence-corrected chi connectivity index (χ3v) is 7.11. The summed E-state index contributed by atoms with van der Waals surface area (Å²) in [6.45, 7) is 6.67. The van der Waals surface area contributed by atoms with Crippen LogP contribution in [0, 0.1) is 6.92 Å². The van der Waals surface area contributed by atoms with Crippen LogP contribution >= 0.6 is 11.6 Å². The van der Waals surface area contributed by atoms with Crippen LogP contribution in [0.15, 0.2) is 48.5 Å². The average Bonchev–Trinajstić information content (AvgIpc) is 3.11. The summed E-state index contributed by atoms with van der Waals surface area (Å²) in [5.41, 5.74) is 7.68. The van der Waals surface area contributed by atoms with Crippen molar-refractivity contribution >= 4 is 11.6 Å². The van der Waals surface area contributed by atoms with Gasteiger partial charge < -0.3 is 9.30 Å². The van der Waals surface area contributed by atoms with Gasteiger partial charge in [-0.05, 0) is 72.9 Å². The number of fused-ring (bicyclic) bond motifs is 1. The number of methoxy groups -OCH3 is 1. The summed E-state index contributed by atoms with van der Waals surface area (Å²) >= 11 is 6.71. The van der Waals surface area contributed by atoms with E-state index >= 15 is 0 Å². The van der Waals surface area contributed by atoms with Crippen LogP contribution in [0.25, 0.3) is 16.9 Å². The number of hydrazine groups is 1.